The second-order valence-electron chi connectivity index (χ2n) is 7.51. The van der Waals surface area contributed by atoms with Crippen LogP contribution < -0.4 is 22.1 Å². The first-order chi connectivity index (χ1) is 14.8. The third-order valence-electron chi connectivity index (χ3n) is 5.14. The number of nitrogens with two attached hydrogens (primary N) is 2. The van der Waals surface area contributed by atoms with Crippen LogP contribution in [0.5, 0.6) is 0 Å². The Morgan fingerprint density at radius 2 is 1.65 bits per heavy atom. The van der Waals surface area contributed by atoms with Gasteiger partial charge in [0.05, 0.1) is 6.04 Å². The summed E-state index contributed by atoms with van der Waals surface area (Å²) in [6.45, 7) is 1.93. The Morgan fingerprint density at radius 1 is 0.968 bits per heavy atom. The minimum Gasteiger partial charge on any atom is -0.384 e. The molecule has 0 heterocycles. The average Bonchev–Trinajstić information content (AvgIpc) is 2.77. The van der Waals surface area contributed by atoms with Crippen molar-refractivity contribution in [1.82, 2.24) is 10.6 Å². The van der Waals surface area contributed by atoms with E-state index in [0.29, 0.717) is 18.5 Å². The summed E-state index contributed by atoms with van der Waals surface area (Å²) in [5.41, 5.74) is 14.0. The van der Waals surface area contributed by atoms with Crippen molar-refractivity contribution in [3.8, 4) is 0 Å². The molecule has 0 unspecified atom stereocenters. The smallest absolute Gasteiger partial charge is 0.242 e. The molecular formula is C24H27N5O2. The van der Waals surface area contributed by atoms with Crippen LogP contribution in [0.1, 0.15) is 23.6 Å². The predicted molar refractivity (Wildman–Crippen MR) is 123 cm³/mol. The number of hydrogen-bond acceptors (Lipinski definition) is 4. The van der Waals surface area contributed by atoms with Gasteiger partial charge in [-0.3, -0.25) is 15.0 Å². The molecule has 0 saturated heterocycles. The van der Waals surface area contributed by atoms with E-state index in [9.17, 15) is 9.59 Å². The number of nitrogen functional groups attached to an aromatic ring is 1. The second kappa shape index (κ2) is 9.86. The maximum Gasteiger partial charge on any atom is 0.242 e. The third-order valence-corrected chi connectivity index (χ3v) is 5.14. The van der Waals surface area contributed by atoms with Crippen LogP contribution >= 0.6 is 0 Å². The SMILES string of the molecule is C[C@H](NC(=O)[C@H](N)Cc1cccc2ccccc12)C(=O)NCc1ccc(C(=N)N)cc1. The van der Waals surface area contributed by atoms with Crippen LogP contribution in [0.15, 0.2) is 66.7 Å². The number of carbonyl (C=O) groups excluding carboxylic acids is 2. The molecule has 0 aliphatic carbocycles. The minimum absolute atomic E-state index is 0.00763. The maximum atomic E-state index is 12.5. The standard InChI is InChI=1S/C24H27N5O2/c1-15(23(30)28-14-16-9-11-18(12-10-16)22(26)27)29-24(31)21(25)13-19-7-4-6-17-5-2-3-8-20(17)19/h2-12,15,21H,13-14,25H2,1H3,(H3,26,27)(H,28,30)(H,29,31)/t15-,21+/m0/s1. The number of fused-ring (bicyclic) bond motifs is 1. The van der Waals surface area contributed by atoms with Crippen molar-refractivity contribution in [2.45, 2.75) is 32.0 Å². The summed E-state index contributed by atoms with van der Waals surface area (Å²) in [6.07, 6.45) is 0.379. The summed E-state index contributed by atoms with van der Waals surface area (Å²) in [7, 11) is 0. The Balaban J connectivity index is 1.52. The van der Waals surface area contributed by atoms with Crippen LogP contribution in [-0.4, -0.2) is 29.7 Å². The van der Waals surface area contributed by atoms with Gasteiger partial charge in [0.15, 0.2) is 0 Å². The quantitative estimate of drug-likeness (QED) is 0.282. The molecular weight excluding hydrogens is 390 g/mol. The van der Waals surface area contributed by atoms with Gasteiger partial charge < -0.3 is 22.1 Å². The van der Waals surface area contributed by atoms with Gasteiger partial charge in [0.2, 0.25) is 11.8 Å². The highest BCUT2D eigenvalue weighted by Crippen LogP contribution is 2.19. The van der Waals surface area contributed by atoms with Crippen LogP contribution in [0.3, 0.4) is 0 Å². The van der Waals surface area contributed by atoms with Crippen molar-refractivity contribution in [3.05, 3.63) is 83.4 Å². The molecule has 0 spiro atoms. The largest absolute Gasteiger partial charge is 0.384 e. The zero-order valence-corrected chi connectivity index (χ0v) is 17.4. The van der Waals surface area contributed by atoms with Gasteiger partial charge in [-0.15, -0.1) is 0 Å². The molecule has 2 amide bonds. The molecule has 7 nitrogen and oxygen atoms in total. The van der Waals surface area contributed by atoms with E-state index in [-0.39, 0.29) is 17.6 Å². The highest BCUT2D eigenvalue weighted by Gasteiger charge is 2.20. The van der Waals surface area contributed by atoms with E-state index in [1.807, 2.05) is 42.5 Å². The first kappa shape index (κ1) is 22.0. The number of benzene rings is 3. The molecule has 7 heteroatoms. The van der Waals surface area contributed by atoms with Crippen LogP contribution in [-0.2, 0) is 22.6 Å². The Labute approximate surface area is 181 Å². The lowest BCUT2D eigenvalue weighted by Gasteiger charge is -2.18. The van der Waals surface area contributed by atoms with Gasteiger partial charge in [-0.1, -0.05) is 66.7 Å². The van der Waals surface area contributed by atoms with E-state index in [2.05, 4.69) is 10.6 Å². The fourth-order valence-electron chi connectivity index (χ4n) is 3.33. The molecule has 0 aliphatic rings. The topological polar surface area (TPSA) is 134 Å². The van der Waals surface area contributed by atoms with Gasteiger partial charge in [0.1, 0.15) is 11.9 Å². The lowest BCUT2D eigenvalue weighted by Crippen LogP contribution is -2.50. The molecule has 0 aliphatic heterocycles. The van der Waals surface area contributed by atoms with Crippen molar-refractivity contribution in [3.63, 3.8) is 0 Å². The number of amidine groups is 1. The van der Waals surface area contributed by atoms with Gasteiger partial charge in [-0.2, -0.15) is 0 Å². The fourth-order valence-corrected chi connectivity index (χ4v) is 3.33. The van der Waals surface area contributed by atoms with Gasteiger partial charge in [0.25, 0.3) is 0 Å². The van der Waals surface area contributed by atoms with Crippen LogP contribution in [0, 0.1) is 5.41 Å². The van der Waals surface area contributed by atoms with E-state index in [1.165, 1.54) is 0 Å². The Bertz CT molecular complexity index is 1090. The number of amides is 2. The lowest BCUT2D eigenvalue weighted by atomic mass is 9.98. The van der Waals surface area contributed by atoms with Crippen molar-refractivity contribution >= 4 is 28.4 Å². The highest BCUT2D eigenvalue weighted by atomic mass is 16.2. The van der Waals surface area contributed by atoms with Gasteiger partial charge in [0, 0.05) is 12.1 Å². The molecule has 0 saturated carbocycles. The molecule has 160 valence electrons. The van der Waals surface area contributed by atoms with Crippen molar-refractivity contribution in [2.24, 2.45) is 11.5 Å². The molecule has 3 aromatic carbocycles. The van der Waals surface area contributed by atoms with Crippen LogP contribution in [0.25, 0.3) is 10.8 Å². The van der Waals surface area contributed by atoms with Crippen LogP contribution in [0.4, 0.5) is 0 Å². The maximum absolute atomic E-state index is 12.5. The Kier molecular flexibility index (Phi) is 6.99. The second-order valence-corrected chi connectivity index (χ2v) is 7.51. The molecule has 0 aromatic heterocycles. The van der Waals surface area contributed by atoms with Crippen molar-refractivity contribution in [1.29, 1.82) is 5.41 Å². The number of nitrogens with one attached hydrogen (secondary N) is 3. The van der Waals surface area contributed by atoms with E-state index in [1.54, 1.807) is 31.2 Å². The molecule has 7 N–H and O–H groups in total. The highest BCUT2D eigenvalue weighted by molar-refractivity contribution is 5.95. The molecule has 0 radical (unpaired) electrons. The minimum atomic E-state index is -0.764. The summed E-state index contributed by atoms with van der Waals surface area (Å²) >= 11 is 0. The van der Waals surface area contributed by atoms with E-state index in [4.69, 9.17) is 16.9 Å². The normalized spacial score (nSPS) is 12.7. The third kappa shape index (κ3) is 5.67. The number of hydrogen-bond donors (Lipinski definition) is 5. The fraction of sp³-hybridized carbons (Fsp3) is 0.208. The Hall–Kier alpha value is -3.71. The number of carbonyl (C=O) groups is 2. The zero-order chi connectivity index (χ0) is 22.4. The average molecular weight is 418 g/mol. The summed E-state index contributed by atoms with van der Waals surface area (Å²) in [5.74, 6) is -0.686. The van der Waals surface area contributed by atoms with Crippen LogP contribution in [0.2, 0.25) is 0 Å². The van der Waals surface area contributed by atoms with Gasteiger partial charge >= 0.3 is 0 Å². The van der Waals surface area contributed by atoms with Gasteiger partial charge in [-0.25, -0.2) is 0 Å². The molecule has 0 fully saturated rings. The zero-order valence-electron chi connectivity index (χ0n) is 17.4. The monoisotopic (exact) mass is 417 g/mol. The predicted octanol–water partition coefficient (Wildman–Crippen LogP) is 1.81. The summed E-state index contributed by atoms with van der Waals surface area (Å²) in [4.78, 5) is 24.9. The summed E-state index contributed by atoms with van der Waals surface area (Å²) in [6, 6.07) is 19.4. The molecule has 3 aromatic rings. The molecule has 2 atom stereocenters. The van der Waals surface area contributed by atoms with Gasteiger partial charge in [-0.05, 0) is 35.2 Å². The summed E-state index contributed by atoms with van der Waals surface area (Å²) in [5, 5.41) is 15.0. The first-order valence-corrected chi connectivity index (χ1v) is 10.1. The molecule has 0 bridgehead atoms. The van der Waals surface area contributed by atoms with Crippen molar-refractivity contribution in [2.75, 3.05) is 0 Å². The molecule has 31 heavy (non-hydrogen) atoms. The van der Waals surface area contributed by atoms with Crippen molar-refractivity contribution < 1.29 is 9.59 Å². The summed E-state index contributed by atoms with van der Waals surface area (Å²) < 4.78 is 0. The number of rotatable bonds is 8. The van der Waals surface area contributed by atoms with E-state index >= 15 is 0 Å². The Morgan fingerprint density at radius 3 is 2.35 bits per heavy atom. The first-order valence-electron chi connectivity index (χ1n) is 10.1. The van der Waals surface area contributed by atoms with E-state index in [0.717, 1.165) is 21.9 Å². The molecule has 3 rings (SSSR count). The lowest BCUT2D eigenvalue weighted by molar-refractivity contribution is -0.129. The van der Waals surface area contributed by atoms with E-state index < -0.39 is 12.1 Å².